The summed E-state index contributed by atoms with van der Waals surface area (Å²) in [6.45, 7) is 0. The molecule has 1 heterocycles. The Kier molecular flexibility index (Phi) is 3.79. The fraction of sp³-hybridized carbons (Fsp3) is 0.154. The number of ether oxygens (including phenoxy) is 1. The number of anilines is 1. The van der Waals surface area contributed by atoms with Crippen LogP contribution >= 0.6 is 0 Å². The van der Waals surface area contributed by atoms with Gasteiger partial charge in [0.25, 0.3) is 0 Å². The highest BCUT2D eigenvalue weighted by atomic mass is 19.1. The quantitative estimate of drug-likeness (QED) is 0.923. The topological polar surface area (TPSA) is 75.6 Å². The molecule has 1 aromatic carbocycles. The van der Waals surface area contributed by atoms with Crippen LogP contribution in [-0.2, 0) is 0 Å². The number of benzene rings is 1. The van der Waals surface area contributed by atoms with Crippen molar-refractivity contribution in [1.82, 2.24) is 9.97 Å². The maximum atomic E-state index is 13.5. The minimum atomic E-state index is -1.33. The second kappa shape index (κ2) is 5.52. The number of carboxylic acid groups (broad SMARTS) is 1. The van der Waals surface area contributed by atoms with Gasteiger partial charge in [-0.1, -0.05) is 0 Å². The molecule has 0 spiro atoms. The zero-order valence-corrected chi connectivity index (χ0v) is 10.9. The smallest absolute Gasteiger partial charge is 0.338 e. The molecule has 1 aromatic heterocycles. The van der Waals surface area contributed by atoms with E-state index >= 15 is 0 Å². The Morgan fingerprint density at radius 2 is 2.10 bits per heavy atom. The SMILES string of the molecule is CN(C)c1nccc(Oc2ccc(C(=O)O)c(F)c2)n1. The molecular weight excluding hydrogens is 265 g/mol. The van der Waals surface area contributed by atoms with Crippen LogP contribution in [0.3, 0.4) is 0 Å². The van der Waals surface area contributed by atoms with Gasteiger partial charge in [-0.05, 0) is 12.1 Å². The van der Waals surface area contributed by atoms with Gasteiger partial charge in [0.1, 0.15) is 11.6 Å². The molecule has 104 valence electrons. The Labute approximate surface area is 114 Å². The molecule has 0 amide bonds. The highest BCUT2D eigenvalue weighted by molar-refractivity contribution is 5.88. The number of nitrogens with zero attached hydrogens (tertiary/aromatic N) is 3. The minimum absolute atomic E-state index is 0.163. The van der Waals surface area contributed by atoms with Crippen molar-refractivity contribution >= 4 is 11.9 Å². The molecule has 2 aromatic rings. The third-order valence-electron chi connectivity index (χ3n) is 2.41. The summed E-state index contributed by atoms with van der Waals surface area (Å²) in [5.74, 6) is -1.34. The van der Waals surface area contributed by atoms with Crippen LogP contribution in [0.2, 0.25) is 0 Å². The van der Waals surface area contributed by atoms with Crippen LogP contribution in [-0.4, -0.2) is 35.1 Å². The van der Waals surface area contributed by atoms with Crippen LogP contribution in [0.4, 0.5) is 10.3 Å². The van der Waals surface area contributed by atoms with Gasteiger partial charge in [0.15, 0.2) is 0 Å². The van der Waals surface area contributed by atoms with Crippen molar-refractivity contribution in [3.8, 4) is 11.6 Å². The van der Waals surface area contributed by atoms with E-state index in [2.05, 4.69) is 9.97 Å². The Bertz CT molecular complexity index is 647. The average molecular weight is 277 g/mol. The highest BCUT2D eigenvalue weighted by Gasteiger charge is 2.11. The summed E-state index contributed by atoms with van der Waals surface area (Å²) in [5.41, 5.74) is -0.408. The fourth-order valence-corrected chi connectivity index (χ4v) is 1.46. The lowest BCUT2D eigenvalue weighted by molar-refractivity contribution is 0.0692. The van der Waals surface area contributed by atoms with E-state index in [1.807, 2.05) is 0 Å². The standard InChI is InChI=1S/C13H12FN3O3/c1-17(2)13-15-6-5-11(16-13)20-8-3-4-9(12(18)19)10(14)7-8/h3-7H,1-2H3,(H,18,19). The number of carboxylic acids is 1. The first-order valence-electron chi connectivity index (χ1n) is 5.68. The van der Waals surface area contributed by atoms with Crippen molar-refractivity contribution in [2.45, 2.75) is 0 Å². The van der Waals surface area contributed by atoms with Crippen LogP contribution in [0.15, 0.2) is 30.5 Å². The minimum Gasteiger partial charge on any atom is -0.478 e. The predicted octanol–water partition coefficient (Wildman–Crippen LogP) is 2.17. The molecule has 1 N–H and O–H groups in total. The van der Waals surface area contributed by atoms with Crippen molar-refractivity contribution in [2.24, 2.45) is 0 Å². The van der Waals surface area contributed by atoms with Crippen LogP contribution in [0, 0.1) is 5.82 Å². The van der Waals surface area contributed by atoms with E-state index in [9.17, 15) is 9.18 Å². The molecule has 0 aliphatic rings. The molecule has 0 bridgehead atoms. The monoisotopic (exact) mass is 277 g/mol. The maximum Gasteiger partial charge on any atom is 0.338 e. The van der Waals surface area contributed by atoms with Gasteiger partial charge in [-0.25, -0.2) is 14.2 Å². The summed E-state index contributed by atoms with van der Waals surface area (Å²) in [6.07, 6.45) is 1.51. The number of hydrogen-bond acceptors (Lipinski definition) is 5. The average Bonchev–Trinajstić information content (AvgIpc) is 2.38. The normalized spacial score (nSPS) is 10.2. The molecule has 0 saturated carbocycles. The van der Waals surface area contributed by atoms with Crippen molar-refractivity contribution in [1.29, 1.82) is 0 Å². The highest BCUT2D eigenvalue weighted by Crippen LogP contribution is 2.22. The number of aromatic carboxylic acids is 1. The number of carbonyl (C=O) groups is 1. The van der Waals surface area contributed by atoms with Gasteiger partial charge in [0, 0.05) is 32.4 Å². The summed E-state index contributed by atoms with van der Waals surface area (Å²) in [4.78, 5) is 20.5. The zero-order valence-electron chi connectivity index (χ0n) is 10.9. The molecule has 20 heavy (non-hydrogen) atoms. The summed E-state index contributed by atoms with van der Waals surface area (Å²) in [5, 5.41) is 8.74. The van der Waals surface area contributed by atoms with Gasteiger partial charge in [-0.2, -0.15) is 4.98 Å². The molecule has 0 aliphatic carbocycles. The van der Waals surface area contributed by atoms with E-state index in [1.54, 1.807) is 19.0 Å². The number of aromatic nitrogens is 2. The molecule has 7 heteroatoms. The molecule has 0 unspecified atom stereocenters. The van der Waals surface area contributed by atoms with Gasteiger partial charge in [0.05, 0.1) is 5.56 Å². The fourth-order valence-electron chi connectivity index (χ4n) is 1.46. The Morgan fingerprint density at radius 1 is 1.35 bits per heavy atom. The lowest BCUT2D eigenvalue weighted by atomic mass is 10.2. The second-order valence-corrected chi connectivity index (χ2v) is 4.14. The number of halogens is 1. The molecule has 0 radical (unpaired) electrons. The maximum absolute atomic E-state index is 13.5. The van der Waals surface area contributed by atoms with Crippen LogP contribution in [0.25, 0.3) is 0 Å². The van der Waals surface area contributed by atoms with Crippen molar-refractivity contribution in [2.75, 3.05) is 19.0 Å². The summed E-state index contributed by atoms with van der Waals surface area (Å²) >= 11 is 0. The third-order valence-corrected chi connectivity index (χ3v) is 2.41. The van der Waals surface area contributed by atoms with Crippen LogP contribution in [0.1, 0.15) is 10.4 Å². The van der Waals surface area contributed by atoms with E-state index in [4.69, 9.17) is 9.84 Å². The molecule has 6 nitrogen and oxygen atoms in total. The number of hydrogen-bond donors (Lipinski definition) is 1. The Morgan fingerprint density at radius 3 is 2.70 bits per heavy atom. The van der Waals surface area contributed by atoms with E-state index in [0.29, 0.717) is 5.95 Å². The Hall–Kier alpha value is -2.70. The van der Waals surface area contributed by atoms with E-state index in [-0.39, 0.29) is 11.6 Å². The molecule has 0 aliphatic heterocycles. The lowest BCUT2D eigenvalue weighted by Gasteiger charge is -2.11. The van der Waals surface area contributed by atoms with Crippen LogP contribution < -0.4 is 9.64 Å². The van der Waals surface area contributed by atoms with Crippen LogP contribution in [0.5, 0.6) is 11.6 Å². The Balaban J connectivity index is 2.24. The lowest BCUT2D eigenvalue weighted by Crippen LogP contribution is -2.12. The van der Waals surface area contributed by atoms with Crippen molar-refractivity contribution in [3.63, 3.8) is 0 Å². The first kappa shape index (κ1) is 13.7. The van der Waals surface area contributed by atoms with E-state index in [1.165, 1.54) is 18.3 Å². The largest absolute Gasteiger partial charge is 0.478 e. The van der Waals surface area contributed by atoms with E-state index < -0.39 is 17.3 Å². The van der Waals surface area contributed by atoms with E-state index in [0.717, 1.165) is 12.1 Å². The van der Waals surface area contributed by atoms with Gasteiger partial charge in [-0.3, -0.25) is 0 Å². The summed E-state index contributed by atoms with van der Waals surface area (Å²) < 4.78 is 18.9. The first-order chi connectivity index (χ1) is 9.47. The van der Waals surface area contributed by atoms with Gasteiger partial charge in [-0.15, -0.1) is 0 Å². The second-order valence-electron chi connectivity index (χ2n) is 4.14. The molecule has 0 saturated heterocycles. The molecular formula is C13H12FN3O3. The first-order valence-corrected chi connectivity index (χ1v) is 5.68. The zero-order chi connectivity index (χ0) is 14.7. The summed E-state index contributed by atoms with van der Waals surface area (Å²) in [7, 11) is 3.56. The van der Waals surface area contributed by atoms with Crippen molar-refractivity contribution in [3.05, 3.63) is 41.8 Å². The van der Waals surface area contributed by atoms with Crippen molar-refractivity contribution < 1.29 is 19.0 Å². The predicted molar refractivity (Wildman–Crippen MR) is 69.8 cm³/mol. The van der Waals surface area contributed by atoms with Gasteiger partial charge < -0.3 is 14.7 Å². The number of rotatable bonds is 4. The van der Waals surface area contributed by atoms with Gasteiger partial charge >= 0.3 is 5.97 Å². The molecule has 2 rings (SSSR count). The molecule has 0 atom stereocenters. The summed E-state index contributed by atoms with van der Waals surface area (Å²) in [6, 6.07) is 5.03. The third kappa shape index (κ3) is 3.00. The molecule has 0 fully saturated rings. The van der Waals surface area contributed by atoms with Gasteiger partial charge in [0.2, 0.25) is 11.8 Å².